The van der Waals surface area contributed by atoms with Crippen molar-refractivity contribution in [2.24, 2.45) is 5.92 Å². The number of nitrogens with two attached hydrogens (primary N) is 1. The maximum absolute atomic E-state index is 9.91. The van der Waals surface area contributed by atoms with E-state index < -0.39 is 32.6 Å². The molecule has 0 amide bonds. The standard InChI is InChI=1S/C10H14N2.6Mo.H2N.6H2O.3O/c1-5-11-6-2-9(1)10-3-7-12-8-4-10;;;;;;;;;;;;;;;;/h1-2,5,10H,3-4,6-8H2;;;;;;;7*1H2;;;/q-2;;;;;2*+3;-1;;;;;;;;;/p-6. The molecule has 28 heavy (non-hydrogen) atoms. The van der Waals surface area contributed by atoms with Crippen molar-refractivity contribution < 1.29 is 148 Å². The first kappa shape index (κ1) is 41.0. The Morgan fingerprint density at radius 2 is 1.32 bits per heavy atom. The summed E-state index contributed by atoms with van der Waals surface area (Å²) in [5, 5.41) is 8.49. The topological polar surface area (TPSA) is 226 Å². The first-order chi connectivity index (χ1) is 10.2. The van der Waals surface area contributed by atoms with Crippen LogP contribution in [0.15, 0.2) is 23.9 Å². The van der Waals surface area contributed by atoms with E-state index in [0.29, 0.717) is 0 Å². The molecule has 12 nitrogen and oxygen atoms in total. The summed E-state index contributed by atoms with van der Waals surface area (Å²) in [7, 11) is 0. The molecule has 170 valence electrons. The second-order valence-electron chi connectivity index (χ2n) is 4.92. The molecule has 2 heterocycles. The van der Waals surface area contributed by atoms with Crippen molar-refractivity contribution in [3.63, 3.8) is 0 Å². The van der Waals surface area contributed by atoms with Gasteiger partial charge < -0.3 is 16.8 Å². The molecule has 0 aromatic carbocycles. The molecule has 0 aromatic rings. The van der Waals surface area contributed by atoms with Crippen molar-refractivity contribution in [3.8, 4) is 0 Å². The van der Waals surface area contributed by atoms with E-state index >= 15 is 0 Å². The summed E-state index contributed by atoms with van der Waals surface area (Å²) in [6.07, 6.45) is 8.79. The van der Waals surface area contributed by atoms with E-state index in [0.717, 1.165) is 25.6 Å². The van der Waals surface area contributed by atoms with Gasteiger partial charge in [-0.2, -0.15) is 6.20 Å². The first-order valence-corrected chi connectivity index (χ1v) is 15.1. The van der Waals surface area contributed by atoms with E-state index in [2.05, 4.69) is 24.8 Å². The predicted octanol–water partition coefficient (Wildman–Crippen LogP) is -0.348. The molecule has 0 saturated carbocycles. The molecular weight excluding hydrogens is 882 g/mol. The first-order valence-electron chi connectivity index (χ1n) is 6.39. The monoisotopic (exact) mass is 916 g/mol. The van der Waals surface area contributed by atoms with Gasteiger partial charge in [-0.3, -0.25) is 0 Å². The second kappa shape index (κ2) is 15.5. The molecule has 1 fully saturated rings. The zero-order chi connectivity index (χ0) is 17.8. The molecule has 18 heteroatoms. The number of hydrogen-bond donors (Lipinski definition) is 6. The SMILES string of the molecule is C1=CC(C2CC[N-]CC2)=CC[N-]1.[Mo].[Mo].[Mo].[Mo].[NH2-].[O]=[Mo]([OH])([OH])([OH])[O][Mo](=[O])([OH])([OH])[OH]. The molecule has 2 aliphatic rings. The molecule has 8 N–H and O–H groups in total. The molecule has 0 radical (unpaired) electrons. The van der Waals surface area contributed by atoms with E-state index in [9.17, 15) is 6.80 Å². The third-order valence-electron chi connectivity index (χ3n) is 2.79. The molecule has 0 atom stereocenters. The fraction of sp³-hybridized carbons (Fsp3) is 0.600. The zero-order valence-corrected chi connectivity index (χ0v) is 26.2. The van der Waals surface area contributed by atoms with Crippen LogP contribution in [0.3, 0.4) is 0 Å². The average Bonchev–Trinajstić information content (AvgIpc) is 2.35. The van der Waals surface area contributed by atoms with E-state index in [1.54, 1.807) is 0 Å². The van der Waals surface area contributed by atoms with E-state index in [1.165, 1.54) is 18.4 Å². The molecule has 0 bridgehead atoms. The summed E-state index contributed by atoms with van der Waals surface area (Å²) in [6, 6.07) is 0. The Hall–Kier alpha value is 2.65. The van der Waals surface area contributed by atoms with Gasteiger partial charge in [0.1, 0.15) is 0 Å². The zero-order valence-electron chi connectivity index (χ0n) is 14.2. The summed E-state index contributed by atoms with van der Waals surface area (Å²) >= 11 is -15.4. The van der Waals surface area contributed by atoms with Crippen molar-refractivity contribution in [2.45, 2.75) is 12.8 Å². The minimum absolute atomic E-state index is 0. The van der Waals surface area contributed by atoms with Gasteiger partial charge in [0.15, 0.2) is 0 Å². The van der Waals surface area contributed by atoms with Crippen molar-refractivity contribution in [3.05, 3.63) is 40.7 Å². The van der Waals surface area contributed by atoms with Crippen LogP contribution in [0.25, 0.3) is 16.8 Å². The van der Waals surface area contributed by atoms with Crippen LogP contribution in [0.1, 0.15) is 12.8 Å². The van der Waals surface area contributed by atoms with Gasteiger partial charge in [0.05, 0.1) is 0 Å². The van der Waals surface area contributed by atoms with Gasteiger partial charge in [0, 0.05) is 84.3 Å². The van der Waals surface area contributed by atoms with Crippen LogP contribution < -0.4 is 0 Å². The van der Waals surface area contributed by atoms with Gasteiger partial charge in [-0.15, -0.1) is 19.6 Å². The normalized spacial score (nSPS) is 19.0. The Kier molecular flexibility index (Phi) is 22.6. The molecular formula is C10H22Mo6N3O9-3. The molecule has 0 spiro atoms. The Morgan fingerprint density at radius 1 is 0.893 bits per heavy atom. The minimum atomic E-state index is -7.71. The summed E-state index contributed by atoms with van der Waals surface area (Å²) < 4.78 is 69.7. The van der Waals surface area contributed by atoms with Gasteiger partial charge in [-0.05, 0) is 5.92 Å². The Labute approximate surface area is 224 Å². The van der Waals surface area contributed by atoms with Gasteiger partial charge in [-0.1, -0.05) is 30.6 Å². The summed E-state index contributed by atoms with van der Waals surface area (Å²) in [5.41, 5.74) is 1.49. The van der Waals surface area contributed by atoms with Crippen molar-refractivity contribution in [1.82, 2.24) is 0 Å². The number of rotatable bonds is 3. The maximum atomic E-state index is 9.91. The Morgan fingerprint density at radius 3 is 1.61 bits per heavy atom. The number of nitrogens with zero attached hydrogens (tertiary/aromatic N) is 2. The van der Waals surface area contributed by atoms with Crippen LogP contribution in [0.5, 0.6) is 0 Å². The molecule has 0 aliphatic carbocycles. The number of piperidine rings is 1. The van der Waals surface area contributed by atoms with E-state index in [-0.39, 0.29) is 90.4 Å². The van der Waals surface area contributed by atoms with Gasteiger partial charge in [0.25, 0.3) is 0 Å². The van der Waals surface area contributed by atoms with Crippen LogP contribution in [0.4, 0.5) is 0 Å². The molecule has 0 aromatic heterocycles. The number of hydrogen-bond acceptors (Lipinski definition) is 3. The second-order valence-corrected chi connectivity index (χ2v) is 14.7. The fourth-order valence-corrected chi connectivity index (χ4v) is 9.10. The molecule has 2 rings (SSSR count). The third kappa shape index (κ3) is 23.3. The summed E-state index contributed by atoms with van der Waals surface area (Å²) in [5.74, 6) is 0.759. The predicted molar refractivity (Wildman–Crippen MR) is 72.3 cm³/mol. The van der Waals surface area contributed by atoms with Crippen LogP contribution in [0, 0.1) is 5.92 Å². The molecule has 1 saturated heterocycles. The van der Waals surface area contributed by atoms with Gasteiger partial charge in [-0.25, -0.2) is 0 Å². The van der Waals surface area contributed by atoms with Gasteiger partial charge >= 0.3 is 64.0 Å². The Bertz CT molecular complexity index is 574. The summed E-state index contributed by atoms with van der Waals surface area (Å²) in [4.78, 5) is 0. The van der Waals surface area contributed by atoms with Crippen LogP contribution >= 0.6 is 0 Å². The number of allylic oxidation sites excluding steroid dienone is 2. The van der Waals surface area contributed by atoms with Crippen LogP contribution in [0.2, 0.25) is 0 Å². The van der Waals surface area contributed by atoms with Crippen LogP contribution in [-0.4, -0.2) is 42.2 Å². The van der Waals surface area contributed by atoms with Crippen molar-refractivity contribution >= 4 is 0 Å². The van der Waals surface area contributed by atoms with E-state index in [1.807, 2.05) is 6.20 Å². The quantitative estimate of drug-likeness (QED) is 0.204. The molecule has 2 aliphatic heterocycles. The van der Waals surface area contributed by atoms with Crippen molar-refractivity contribution in [2.75, 3.05) is 19.6 Å². The van der Waals surface area contributed by atoms with E-state index in [4.69, 9.17) is 22.6 Å². The van der Waals surface area contributed by atoms with Crippen molar-refractivity contribution in [1.29, 1.82) is 0 Å². The van der Waals surface area contributed by atoms with Gasteiger partial charge in [0.2, 0.25) is 0 Å². The molecule has 0 unspecified atom stereocenters. The van der Waals surface area contributed by atoms with Crippen LogP contribution in [-0.2, 0) is 126 Å². The average molecular weight is 904 g/mol. The Balaban J connectivity index is -0.000000107. The third-order valence-corrected chi connectivity index (χ3v) is 10.9. The summed E-state index contributed by atoms with van der Waals surface area (Å²) in [6.45, 7) is 2.97. The fourth-order valence-electron chi connectivity index (χ4n) is 2.02.